The Morgan fingerprint density at radius 2 is 2.35 bits per heavy atom. The van der Waals surface area contributed by atoms with Gasteiger partial charge in [-0.05, 0) is 41.1 Å². The lowest BCUT2D eigenvalue weighted by molar-refractivity contribution is 0.104. The first-order chi connectivity index (χ1) is 8.08. The number of halogens is 1. The van der Waals surface area contributed by atoms with Crippen LogP contribution in [0.5, 0.6) is 0 Å². The molecule has 1 aliphatic heterocycles. The van der Waals surface area contributed by atoms with E-state index in [1.165, 1.54) is 0 Å². The molecule has 1 atom stereocenters. The van der Waals surface area contributed by atoms with Crippen molar-refractivity contribution in [3.63, 3.8) is 0 Å². The number of hydrogen-bond donors (Lipinski definition) is 1. The maximum absolute atomic E-state index is 5.64. The Labute approximate surface area is 115 Å². The van der Waals surface area contributed by atoms with Gasteiger partial charge < -0.3 is 9.72 Å². The van der Waals surface area contributed by atoms with E-state index in [1.54, 1.807) is 0 Å². The number of hydrogen-bond acceptors (Lipinski definition) is 3. The molecular formula is C12H17BrN2OS. The number of ether oxygens (including phenoxy) is 1. The predicted molar refractivity (Wildman–Crippen MR) is 73.6 cm³/mol. The molecule has 5 heteroatoms. The SMILES string of the molecule is CC(C)Cc1[nH]c(C2CCCO2)nc(=S)c1Br. The lowest BCUT2D eigenvalue weighted by Gasteiger charge is -2.13. The number of aromatic amines is 1. The van der Waals surface area contributed by atoms with Gasteiger partial charge in [0.2, 0.25) is 0 Å². The second kappa shape index (κ2) is 5.59. The lowest BCUT2D eigenvalue weighted by Crippen LogP contribution is -2.08. The first-order valence-corrected chi connectivity index (χ1v) is 7.18. The lowest BCUT2D eigenvalue weighted by atomic mass is 10.1. The largest absolute Gasteiger partial charge is 0.370 e. The van der Waals surface area contributed by atoms with Crippen LogP contribution in [0.3, 0.4) is 0 Å². The third-order valence-electron chi connectivity index (χ3n) is 2.80. The van der Waals surface area contributed by atoms with E-state index < -0.39 is 0 Å². The summed E-state index contributed by atoms with van der Waals surface area (Å²) in [5.74, 6) is 1.46. The fraction of sp³-hybridized carbons (Fsp3) is 0.667. The Kier molecular flexibility index (Phi) is 4.33. The van der Waals surface area contributed by atoms with Gasteiger partial charge in [0.1, 0.15) is 16.6 Å². The van der Waals surface area contributed by atoms with Gasteiger partial charge in [-0.15, -0.1) is 0 Å². The minimum absolute atomic E-state index is 0.0933. The molecular weight excluding hydrogens is 300 g/mol. The molecule has 0 saturated carbocycles. The minimum Gasteiger partial charge on any atom is -0.370 e. The monoisotopic (exact) mass is 316 g/mol. The van der Waals surface area contributed by atoms with Crippen molar-refractivity contribution < 1.29 is 4.74 Å². The van der Waals surface area contributed by atoms with E-state index in [9.17, 15) is 0 Å². The molecule has 1 saturated heterocycles. The van der Waals surface area contributed by atoms with Crippen molar-refractivity contribution >= 4 is 28.1 Å². The van der Waals surface area contributed by atoms with Crippen LogP contribution in [0.25, 0.3) is 0 Å². The molecule has 1 aromatic heterocycles. The van der Waals surface area contributed by atoms with E-state index in [1.807, 2.05) is 0 Å². The highest BCUT2D eigenvalue weighted by Gasteiger charge is 2.21. The van der Waals surface area contributed by atoms with E-state index >= 15 is 0 Å². The zero-order valence-electron chi connectivity index (χ0n) is 10.1. The van der Waals surface area contributed by atoms with Crippen LogP contribution in [-0.4, -0.2) is 16.6 Å². The van der Waals surface area contributed by atoms with Gasteiger partial charge in [-0.1, -0.05) is 26.1 Å². The molecule has 1 fully saturated rings. The molecule has 2 heterocycles. The topological polar surface area (TPSA) is 37.9 Å². The van der Waals surface area contributed by atoms with Gasteiger partial charge in [-0.3, -0.25) is 0 Å². The van der Waals surface area contributed by atoms with Crippen LogP contribution in [0.4, 0.5) is 0 Å². The molecule has 1 N–H and O–H groups in total. The van der Waals surface area contributed by atoms with Crippen LogP contribution in [-0.2, 0) is 11.2 Å². The van der Waals surface area contributed by atoms with Crippen molar-refractivity contribution in [1.82, 2.24) is 9.97 Å². The standard InChI is InChI=1S/C12H17BrN2OS/c1-7(2)6-8-10(13)12(17)15-11(14-8)9-4-3-5-16-9/h7,9H,3-6H2,1-2H3,(H,14,15,17). The Morgan fingerprint density at radius 1 is 1.59 bits per heavy atom. The van der Waals surface area contributed by atoms with E-state index in [4.69, 9.17) is 17.0 Å². The van der Waals surface area contributed by atoms with Crippen LogP contribution in [0.15, 0.2) is 4.47 Å². The Morgan fingerprint density at radius 3 is 2.94 bits per heavy atom. The number of rotatable bonds is 3. The highest BCUT2D eigenvalue weighted by atomic mass is 79.9. The molecule has 2 rings (SSSR count). The molecule has 0 aliphatic carbocycles. The number of nitrogens with zero attached hydrogens (tertiary/aromatic N) is 1. The zero-order valence-corrected chi connectivity index (χ0v) is 12.5. The Hall–Kier alpha value is -0.260. The summed E-state index contributed by atoms with van der Waals surface area (Å²) in [5.41, 5.74) is 1.13. The molecule has 1 aromatic rings. The van der Waals surface area contributed by atoms with Crippen molar-refractivity contribution in [3.05, 3.63) is 20.6 Å². The average molecular weight is 317 g/mol. The van der Waals surface area contributed by atoms with Gasteiger partial charge in [-0.2, -0.15) is 0 Å². The third-order valence-corrected chi connectivity index (χ3v) is 4.21. The highest BCUT2D eigenvalue weighted by molar-refractivity contribution is 9.10. The van der Waals surface area contributed by atoms with Crippen molar-refractivity contribution in [2.45, 2.75) is 39.2 Å². The smallest absolute Gasteiger partial charge is 0.144 e. The quantitative estimate of drug-likeness (QED) is 0.858. The molecule has 0 amide bonds. The van der Waals surface area contributed by atoms with Crippen LogP contribution < -0.4 is 0 Å². The summed E-state index contributed by atoms with van der Waals surface area (Å²) in [6.45, 7) is 5.20. The summed E-state index contributed by atoms with van der Waals surface area (Å²) >= 11 is 8.80. The second-order valence-electron chi connectivity index (χ2n) is 4.82. The van der Waals surface area contributed by atoms with E-state index in [2.05, 4.69) is 39.7 Å². The van der Waals surface area contributed by atoms with Gasteiger partial charge >= 0.3 is 0 Å². The Bertz CT molecular complexity index is 452. The van der Waals surface area contributed by atoms with Crippen molar-refractivity contribution in [2.75, 3.05) is 6.61 Å². The number of nitrogens with one attached hydrogen (secondary N) is 1. The molecule has 0 bridgehead atoms. The molecule has 0 aromatic carbocycles. The summed E-state index contributed by atoms with van der Waals surface area (Å²) < 4.78 is 7.19. The zero-order chi connectivity index (χ0) is 12.4. The first kappa shape index (κ1) is 13.2. The molecule has 0 radical (unpaired) electrons. The van der Waals surface area contributed by atoms with Crippen molar-refractivity contribution in [3.8, 4) is 0 Å². The molecule has 1 aliphatic rings. The summed E-state index contributed by atoms with van der Waals surface area (Å²) in [5, 5.41) is 0. The van der Waals surface area contributed by atoms with Crippen LogP contribution >= 0.6 is 28.1 Å². The number of H-pyrrole nitrogens is 1. The molecule has 0 spiro atoms. The van der Waals surface area contributed by atoms with Crippen molar-refractivity contribution in [1.29, 1.82) is 0 Å². The molecule has 94 valence electrons. The minimum atomic E-state index is 0.0933. The molecule has 3 nitrogen and oxygen atoms in total. The predicted octanol–water partition coefficient (Wildman–Crippen LogP) is 3.95. The normalized spacial score (nSPS) is 20.1. The summed E-state index contributed by atoms with van der Waals surface area (Å²) in [4.78, 5) is 7.79. The summed E-state index contributed by atoms with van der Waals surface area (Å²) in [7, 11) is 0. The summed E-state index contributed by atoms with van der Waals surface area (Å²) in [6.07, 6.45) is 3.19. The first-order valence-electron chi connectivity index (χ1n) is 5.98. The van der Waals surface area contributed by atoms with E-state index in [-0.39, 0.29) is 6.10 Å². The fourth-order valence-electron chi connectivity index (χ4n) is 2.02. The maximum Gasteiger partial charge on any atom is 0.144 e. The molecule has 17 heavy (non-hydrogen) atoms. The van der Waals surface area contributed by atoms with Crippen LogP contribution in [0, 0.1) is 10.6 Å². The van der Waals surface area contributed by atoms with E-state index in [0.717, 1.165) is 41.9 Å². The van der Waals surface area contributed by atoms with Gasteiger partial charge in [0.15, 0.2) is 0 Å². The van der Waals surface area contributed by atoms with E-state index in [0.29, 0.717) is 10.6 Å². The van der Waals surface area contributed by atoms with Gasteiger partial charge in [0, 0.05) is 12.3 Å². The van der Waals surface area contributed by atoms with Crippen LogP contribution in [0.1, 0.15) is 44.3 Å². The second-order valence-corrected chi connectivity index (χ2v) is 6.00. The molecule has 1 unspecified atom stereocenters. The Balaban J connectivity index is 2.34. The summed E-state index contributed by atoms with van der Waals surface area (Å²) in [6, 6.07) is 0. The van der Waals surface area contributed by atoms with Gasteiger partial charge in [0.25, 0.3) is 0 Å². The average Bonchev–Trinajstić information content (AvgIpc) is 2.77. The van der Waals surface area contributed by atoms with Gasteiger partial charge in [0.05, 0.1) is 4.47 Å². The number of aromatic nitrogens is 2. The van der Waals surface area contributed by atoms with Crippen molar-refractivity contribution in [2.24, 2.45) is 5.92 Å². The fourth-order valence-corrected chi connectivity index (χ4v) is 2.59. The van der Waals surface area contributed by atoms with Crippen LogP contribution in [0.2, 0.25) is 0 Å². The maximum atomic E-state index is 5.64. The van der Waals surface area contributed by atoms with Gasteiger partial charge in [-0.25, -0.2) is 4.98 Å². The highest BCUT2D eigenvalue weighted by Crippen LogP contribution is 2.28. The third kappa shape index (κ3) is 3.14.